The molecule has 0 fully saturated rings. The SMILES string of the molecule is CC(C)NCCC(=O)Nc1sc2c(c1-c1nc3ccccc3s1)CCNC2. The first-order chi connectivity index (χ1) is 13.1. The van der Waals surface area contributed by atoms with Crippen LogP contribution in [0, 0.1) is 0 Å². The summed E-state index contributed by atoms with van der Waals surface area (Å²) in [4.78, 5) is 18.7. The van der Waals surface area contributed by atoms with E-state index in [-0.39, 0.29) is 5.91 Å². The molecule has 0 radical (unpaired) electrons. The second-order valence-corrected chi connectivity index (χ2v) is 9.16. The van der Waals surface area contributed by atoms with Crippen LogP contribution in [0.15, 0.2) is 24.3 Å². The average Bonchev–Trinajstić information content (AvgIpc) is 3.21. The summed E-state index contributed by atoms with van der Waals surface area (Å²) >= 11 is 3.39. The highest BCUT2D eigenvalue weighted by atomic mass is 32.1. The first-order valence-electron chi connectivity index (χ1n) is 9.36. The van der Waals surface area contributed by atoms with Gasteiger partial charge in [-0.15, -0.1) is 22.7 Å². The summed E-state index contributed by atoms with van der Waals surface area (Å²) in [6.45, 7) is 6.69. The van der Waals surface area contributed by atoms with Gasteiger partial charge in [-0.25, -0.2) is 4.98 Å². The summed E-state index contributed by atoms with van der Waals surface area (Å²) in [5.41, 5.74) is 3.49. The predicted molar refractivity (Wildman–Crippen MR) is 115 cm³/mol. The maximum atomic E-state index is 12.5. The summed E-state index contributed by atoms with van der Waals surface area (Å²) < 4.78 is 1.18. The Morgan fingerprint density at radius 1 is 1.30 bits per heavy atom. The highest BCUT2D eigenvalue weighted by Crippen LogP contribution is 2.44. The Labute approximate surface area is 167 Å². The molecule has 27 heavy (non-hydrogen) atoms. The molecule has 5 nitrogen and oxygen atoms in total. The molecule has 0 spiro atoms. The zero-order valence-electron chi connectivity index (χ0n) is 15.6. The first-order valence-corrected chi connectivity index (χ1v) is 11.0. The molecule has 0 saturated heterocycles. The van der Waals surface area contributed by atoms with Gasteiger partial charge >= 0.3 is 0 Å². The van der Waals surface area contributed by atoms with Gasteiger partial charge in [-0.3, -0.25) is 4.79 Å². The molecule has 0 saturated carbocycles. The van der Waals surface area contributed by atoms with Crippen LogP contribution in [0.2, 0.25) is 0 Å². The molecule has 1 aliphatic rings. The molecule has 2 aromatic heterocycles. The van der Waals surface area contributed by atoms with Crippen LogP contribution < -0.4 is 16.0 Å². The number of carbonyl (C=O) groups is 1. The van der Waals surface area contributed by atoms with Gasteiger partial charge in [-0.1, -0.05) is 26.0 Å². The molecule has 1 aromatic carbocycles. The normalized spacial score (nSPS) is 13.9. The third-order valence-corrected chi connectivity index (χ3v) is 6.79. The number of para-hydroxylation sites is 1. The molecule has 0 atom stereocenters. The second-order valence-electron chi connectivity index (χ2n) is 7.03. The monoisotopic (exact) mass is 400 g/mol. The van der Waals surface area contributed by atoms with E-state index in [9.17, 15) is 4.79 Å². The number of nitrogens with one attached hydrogen (secondary N) is 3. The molecule has 0 bridgehead atoms. The van der Waals surface area contributed by atoms with Gasteiger partial charge in [0, 0.05) is 36.0 Å². The second kappa shape index (κ2) is 8.06. The van der Waals surface area contributed by atoms with E-state index in [1.54, 1.807) is 22.7 Å². The van der Waals surface area contributed by atoms with E-state index in [1.807, 2.05) is 18.2 Å². The fourth-order valence-electron chi connectivity index (χ4n) is 3.29. The van der Waals surface area contributed by atoms with Crippen molar-refractivity contribution in [3.05, 3.63) is 34.7 Å². The molecule has 0 aliphatic carbocycles. The summed E-state index contributed by atoms with van der Waals surface area (Å²) in [5, 5.41) is 11.8. The third-order valence-electron chi connectivity index (χ3n) is 4.59. The van der Waals surface area contributed by atoms with Gasteiger partial charge in [-0.05, 0) is 30.7 Å². The molecular formula is C20H24N4OS2. The Balaban J connectivity index is 1.65. The van der Waals surface area contributed by atoms with E-state index >= 15 is 0 Å². The molecule has 3 N–H and O–H groups in total. The quantitative estimate of drug-likeness (QED) is 0.585. The van der Waals surface area contributed by atoms with E-state index < -0.39 is 0 Å². The Hall–Kier alpha value is -1.80. The van der Waals surface area contributed by atoms with Crippen LogP contribution in [0.5, 0.6) is 0 Å². The van der Waals surface area contributed by atoms with Gasteiger partial charge in [0.25, 0.3) is 0 Å². The number of amides is 1. The van der Waals surface area contributed by atoms with Crippen molar-refractivity contribution in [3.63, 3.8) is 0 Å². The average molecular weight is 401 g/mol. The van der Waals surface area contributed by atoms with Crippen molar-refractivity contribution in [2.75, 3.05) is 18.4 Å². The Kier molecular flexibility index (Phi) is 5.54. The number of aromatic nitrogens is 1. The van der Waals surface area contributed by atoms with Crippen LogP contribution in [0.4, 0.5) is 5.00 Å². The number of thiophene rings is 1. The molecule has 3 aromatic rings. The van der Waals surface area contributed by atoms with Crippen molar-refractivity contribution in [2.24, 2.45) is 0 Å². The van der Waals surface area contributed by atoms with Crippen molar-refractivity contribution in [3.8, 4) is 10.6 Å². The molecule has 4 rings (SSSR count). The van der Waals surface area contributed by atoms with E-state index in [0.717, 1.165) is 40.6 Å². The van der Waals surface area contributed by atoms with Crippen LogP contribution in [0.3, 0.4) is 0 Å². The number of rotatable bonds is 6. The topological polar surface area (TPSA) is 66.0 Å². The van der Waals surface area contributed by atoms with E-state index in [2.05, 4.69) is 35.9 Å². The number of hydrogen-bond donors (Lipinski definition) is 3. The van der Waals surface area contributed by atoms with Gasteiger partial charge in [0.05, 0.1) is 10.2 Å². The fraction of sp³-hybridized carbons (Fsp3) is 0.400. The molecule has 1 aliphatic heterocycles. The molecule has 142 valence electrons. The summed E-state index contributed by atoms with van der Waals surface area (Å²) in [6, 6.07) is 8.60. The minimum atomic E-state index is 0.0528. The maximum absolute atomic E-state index is 12.5. The van der Waals surface area contributed by atoms with Crippen LogP contribution in [-0.4, -0.2) is 30.0 Å². The highest BCUT2D eigenvalue weighted by molar-refractivity contribution is 7.22. The standard InChI is InChI=1S/C20H24N4OS2/c1-12(2)22-10-8-17(25)24-20-18(13-7-9-21-11-16(13)27-20)19-23-14-5-3-4-6-15(14)26-19/h3-6,12,21-22H,7-11H2,1-2H3,(H,24,25). The van der Waals surface area contributed by atoms with Gasteiger partial charge in [0.1, 0.15) is 10.0 Å². The van der Waals surface area contributed by atoms with E-state index in [4.69, 9.17) is 4.98 Å². The van der Waals surface area contributed by atoms with Gasteiger partial charge in [-0.2, -0.15) is 0 Å². The van der Waals surface area contributed by atoms with Crippen molar-refractivity contribution in [1.82, 2.24) is 15.6 Å². The van der Waals surface area contributed by atoms with Crippen LogP contribution in [0.1, 0.15) is 30.7 Å². The lowest BCUT2D eigenvalue weighted by Crippen LogP contribution is -2.27. The Morgan fingerprint density at radius 3 is 2.96 bits per heavy atom. The molecular weight excluding hydrogens is 376 g/mol. The minimum absolute atomic E-state index is 0.0528. The number of benzene rings is 1. The van der Waals surface area contributed by atoms with Crippen molar-refractivity contribution in [2.45, 2.75) is 39.3 Å². The third kappa shape index (κ3) is 4.06. The number of nitrogens with zero attached hydrogens (tertiary/aromatic N) is 1. The zero-order valence-corrected chi connectivity index (χ0v) is 17.2. The lowest BCUT2D eigenvalue weighted by atomic mass is 10.0. The van der Waals surface area contributed by atoms with Crippen LogP contribution in [-0.2, 0) is 17.8 Å². The summed E-state index contributed by atoms with van der Waals surface area (Å²) in [7, 11) is 0. The molecule has 3 heterocycles. The van der Waals surface area contributed by atoms with Gasteiger partial charge < -0.3 is 16.0 Å². The number of carbonyl (C=O) groups excluding carboxylic acids is 1. The van der Waals surface area contributed by atoms with Crippen molar-refractivity contribution < 1.29 is 4.79 Å². The van der Waals surface area contributed by atoms with E-state index in [0.29, 0.717) is 19.0 Å². The maximum Gasteiger partial charge on any atom is 0.226 e. The van der Waals surface area contributed by atoms with Crippen molar-refractivity contribution >= 4 is 43.8 Å². The molecule has 1 amide bonds. The summed E-state index contributed by atoms with van der Waals surface area (Å²) in [6.07, 6.45) is 1.44. The zero-order chi connectivity index (χ0) is 18.8. The predicted octanol–water partition coefficient (Wildman–Crippen LogP) is 4.00. The number of anilines is 1. The first kappa shape index (κ1) is 18.6. The number of hydrogen-bond acceptors (Lipinski definition) is 6. The van der Waals surface area contributed by atoms with Crippen LogP contribution >= 0.6 is 22.7 Å². The smallest absolute Gasteiger partial charge is 0.226 e. The lowest BCUT2D eigenvalue weighted by molar-refractivity contribution is -0.116. The number of thiazole rings is 1. The van der Waals surface area contributed by atoms with Gasteiger partial charge in [0.2, 0.25) is 5.91 Å². The lowest BCUT2D eigenvalue weighted by Gasteiger charge is -2.13. The van der Waals surface area contributed by atoms with Gasteiger partial charge in [0.15, 0.2) is 0 Å². The highest BCUT2D eigenvalue weighted by Gasteiger charge is 2.24. The molecule has 0 unspecified atom stereocenters. The Bertz CT molecular complexity index is 927. The fourth-order valence-corrected chi connectivity index (χ4v) is 5.64. The number of fused-ring (bicyclic) bond motifs is 2. The Morgan fingerprint density at radius 2 is 2.15 bits per heavy atom. The largest absolute Gasteiger partial charge is 0.317 e. The van der Waals surface area contributed by atoms with Crippen molar-refractivity contribution in [1.29, 1.82) is 0 Å². The van der Waals surface area contributed by atoms with E-state index in [1.165, 1.54) is 15.1 Å². The van der Waals surface area contributed by atoms with Crippen LogP contribution in [0.25, 0.3) is 20.8 Å². The summed E-state index contributed by atoms with van der Waals surface area (Å²) in [5.74, 6) is 0.0528. The molecule has 7 heteroatoms. The minimum Gasteiger partial charge on any atom is -0.317 e.